The minimum atomic E-state index is 0. The van der Waals surface area contributed by atoms with Gasteiger partial charge in [0.05, 0.1) is 12.6 Å². The van der Waals surface area contributed by atoms with E-state index < -0.39 is 0 Å². The van der Waals surface area contributed by atoms with Crippen molar-refractivity contribution in [2.75, 3.05) is 53.4 Å². The van der Waals surface area contributed by atoms with Gasteiger partial charge in [0.2, 0.25) is 0 Å². The SMILES string of the molecule is CCNC(=NCC(c1ccccc1)N1CCCC1)NCCCN(C)C.I. The van der Waals surface area contributed by atoms with Gasteiger partial charge in [0.1, 0.15) is 0 Å². The fraction of sp³-hybridized carbons (Fsp3) is 0.650. The minimum Gasteiger partial charge on any atom is -0.357 e. The maximum Gasteiger partial charge on any atom is 0.191 e. The summed E-state index contributed by atoms with van der Waals surface area (Å²) in [5, 5.41) is 6.84. The molecule has 0 saturated carbocycles. The Bertz CT molecular complexity index is 500. The van der Waals surface area contributed by atoms with E-state index in [2.05, 4.69) is 71.8 Å². The maximum absolute atomic E-state index is 4.89. The van der Waals surface area contributed by atoms with Gasteiger partial charge in [-0.1, -0.05) is 30.3 Å². The summed E-state index contributed by atoms with van der Waals surface area (Å²) < 4.78 is 0. The van der Waals surface area contributed by atoms with Gasteiger partial charge < -0.3 is 15.5 Å². The van der Waals surface area contributed by atoms with Crippen LogP contribution in [0.25, 0.3) is 0 Å². The van der Waals surface area contributed by atoms with E-state index in [0.717, 1.165) is 38.6 Å². The molecule has 1 heterocycles. The van der Waals surface area contributed by atoms with E-state index in [1.165, 1.54) is 31.5 Å². The van der Waals surface area contributed by atoms with Crippen LogP contribution in [0.3, 0.4) is 0 Å². The lowest BCUT2D eigenvalue weighted by atomic mass is 10.1. The molecule has 26 heavy (non-hydrogen) atoms. The second-order valence-corrected chi connectivity index (χ2v) is 6.97. The first kappa shape index (κ1) is 23.2. The highest BCUT2D eigenvalue weighted by atomic mass is 127. The lowest BCUT2D eigenvalue weighted by Crippen LogP contribution is -2.39. The van der Waals surface area contributed by atoms with Crippen LogP contribution in [0, 0.1) is 0 Å². The van der Waals surface area contributed by atoms with E-state index in [4.69, 9.17) is 4.99 Å². The predicted octanol–water partition coefficient (Wildman–Crippen LogP) is 2.95. The number of rotatable bonds is 9. The van der Waals surface area contributed by atoms with Gasteiger partial charge in [0.25, 0.3) is 0 Å². The van der Waals surface area contributed by atoms with Crippen LogP contribution in [0.4, 0.5) is 0 Å². The largest absolute Gasteiger partial charge is 0.357 e. The summed E-state index contributed by atoms with van der Waals surface area (Å²) in [5.41, 5.74) is 1.37. The van der Waals surface area contributed by atoms with E-state index in [9.17, 15) is 0 Å². The number of guanidine groups is 1. The first-order valence-electron chi connectivity index (χ1n) is 9.66. The van der Waals surface area contributed by atoms with Gasteiger partial charge in [-0.2, -0.15) is 0 Å². The van der Waals surface area contributed by atoms with Crippen molar-refractivity contribution in [3.8, 4) is 0 Å². The van der Waals surface area contributed by atoms with Gasteiger partial charge >= 0.3 is 0 Å². The van der Waals surface area contributed by atoms with E-state index in [-0.39, 0.29) is 24.0 Å². The van der Waals surface area contributed by atoms with E-state index in [1.807, 2.05) is 0 Å². The van der Waals surface area contributed by atoms with Gasteiger partial charge in [-0.25, -0.2) is 0 Å². The molecule has 1 saturated heterocycles. The fourth-order valence-corrected chi connectivity index (χ4v) is 3.28. The molecule has 0 aliphatic carbocycles. The van der Waals surface area contributed by atoms with Crippen LogP contribution >= 0.6 is 24.0 Å². The van der Waals surface area contributed by atoms with Gasteiger partial charge in [-0.15, -0.1) is 24.0 Å². The Morgan fingerprint density at radius 1 is 1.15 bits per heavy atom. The average molecular weight is 473 g/mol. The van der Waals surface area contributed by atoms with Crippen molar-refractivity contribution < 1.29 is 0 Å². The number of aliphatic imine (C=N–C) groups is 1. The number of benzene rings is 1. The van der Waals surface area contributed by atoms with Crippen molar-refractivity contribution in [1.82, 2.24) is 20.4 Å². The highest BCUT2D eigenvalue weighted by Crippen LogP contribution is 2.25. The number of hydrogen-bond acceptors (Lipinski definition) is 3. The highest BCUT2D eigenvalue weighted by Gasteiger charge is 2.23. The van der Waals surface area contributed by atoms with Gasteiger partial charge in [0.15, 0.2) is 5.96 Å². The molecule has 1 aromatic rings. The Labute approximate surface area is 176 Å². The Balaban J connectivity index is 0.00000338. The number of nitrogens with one attached hydrogen (secondary N) is 2. The van der Waals surface area contributed by atoms with Crippen LogP contribution < -0.4 is 10.6 Å². The van der Waals surface area contributed by atoms with Crippen molar-refractivity contribution in [2.45, 2.75) is 32.2 Å². The fourth-order valence-electron chi connectivity index (χ4n) is 3.28. The van der Waals surface area contributed by atoms with Crippen molar-refractivity contribution in [2.24, 2.45) is 4.99 Å². The lowest BCUT2D eigenvalue weighted by molar-refractivity contribution is 0.251. The van der Waals surface area contributed by atoms with Crippen LogP contribution in [-0.4, -0.2) is 69.1 Å². The van der Waals surface area contributed by atoms with E-state index in [0.29, 0.717) is 6.04 Å². The summed E-state index contributed by atoms with van der Waals surface area (Å²) in [6.45, 7) is 8.21. The van der Waals surface area contributed by atoms with Crippen LogP contribution in [0.15, 0.2) is 35.3 Å². The summed E-state index contributed by atoms with van der Waals surface area (Å²) in [7, 11) is 4.22. The van der Waals surface area contributed by atoms with Crippen molar-refractivity contribution in [3.05, 3.63) is 35.9 Å². The Morgan fingerprint density at radius 3 is 2.46 bits per heavy atom. The molecule has 0 aromatic heterocycles. The topological polar surface area (TPSA) is 42.9 Å². The molecule has 1 fully saturated rings. The average Bonchev–Trinajstić information content (AvgIpc) is 3.14. The van der Waals surface area contributed by atoms with Crippen molar-refractivity contribution in [1.29, 1.82) is 0 Å². The molecule has 2 N–H and O–H groups in total. The van der Waals surface area contributed by atoms with E-state index >= 15 is 0 Å². The zero-order chi connectivity index (χ0) is 17.9. The first-order valence-corrected chi connectivity index (χ1v) is 9.66. The van der Waals surface area contributed by atoms with Crippen molar-refractivity contribution >= 4 is 29.9 Å². The quantitative estimate of drug-likeness (QED) is 0.251. The Hall–Kier alpha value is -0.860. The molecule has 1 aliphatic heterocycles. The molecule has 5 nitrogen and oxygen atoms in total. The summed E-state index contributed by atoms with van der Waals surface area (Å²) in [4.78, 5) is 9.68. The smallest absolute Gasteiger partial charge is 0.191 e. The summed E-state index contributed by atoms with van der Waals surface area (Å²) in [5.74, 6) is 0.932. The van der Waals surface area contributed by atoms with Gasteiger partial charge in [-0.3, -0.25) is 9.89 Å². The number of halogens is 1. The Kier molecular flexibility index (Phi) is 11.9. The third-order valence-electron chi connectivity index (χ3n) is 4.61. The van der Waals surface area contributed by atoms with Gasteiger partial charge in [0, 0.05) is 13.1 Å². The molecule has 1 atom stereocenters. The standard InChI is InChI=1S/C20H35N5.HI/c1-4-21-20(22-13-10-14-24(2)3)23-17-19(25-15-8-9-16-25)18-11-6-5-7-12-18;/h5-7,11-12,19H,4,8-10,13-17H2,1-3H3,(H2,21,22,23);1H. The maximum atomic E-state index is 4.89. The number of likely N-dealkylation sites (tertiary alicyclic amines) is 1. The number of nitrogens with zero attached hydrogens (tertiary/aromatic N) is 3. The predicted molar refractivity (Wildman–Crippen MR) is 123 cm³/mol. The molecule has 0 amide bonds. The third kappa shape index (κ3) is 8.22. The molecule has 148 valence electrons. The monoisotopic (exact) mass is 473 g/mol. The summed E-state index contributed by atoms with van der Waals surface area (Å²) >= 11 is 0. The van der Waals surface area contributed by atoms with Gasteiger partial charge in [-0.05, 0) is 65.5 Å². The van der Waals surface area contributed by atoms with Crippen LogP contribution in [0.1, 0.15) is 37.8 Å². The van der Waals surface area contributed by atoms with E-state index in [1.54, 1.807) is 0 Å². The zero-order valence-electron chi connectivity index (χ0n) is 16.6. The first-order chi connectivity index (χ1) is 12.2. The molecule has 0 bridgehead atoms. The Morgan fingerprint density at radius 2 is 1.85 bits per heavy atom. The molecule has 0 radical (unpaired) electrons. The zero-order valence-corrected chi connectivity index (χ0v) is 18.9. The highest BCUT2D eigenvalue weighted by molar-refractivity contribution is 14.0. The number of hydrogen-bond donors (Lipinski definition) is 2. The lowest BCUT2D eigenvalue weighted by Gasteiger charge is -2.27. The minimum absolute atomic E-state index is 0. The van der Waals surface area contributed by atoms with Crippen LogP contribution in [0.2, 0.25) is 0 Å². The molecule has 1 aliphatic rings. The molecule has 0 spiro atoms. The molecule has 1 unspecified atom stereocenters. The molecule has 1 aromatic carbocycles. The molecular formula is C20H36IN5. The summed E-state index contributed by atoms with van der Waals surface area (Å²) in [6, 6.07) is 11.2. The van der Waals surface area contributed by atoms with Crippen molar-refractivity contribution in [3.63, 3.8) is 0 Å². The molecule has 6 heteroatoms. The van der Waals surface area contributed by atoms with Crippen LogP contribution in [-0.2, 0) is 0 Å². The summed E-state index contributed by atoms with van der Waals surface area (Å²) in [6.07, 6.45) is 3.72. The molecular weight excluding hydrogens is 437 g/mol. The normalized spacial score (nSPS) is 16.4. The second-order valence-electron chi connectivity index (χ2n) is 6.97. The third-order valence-corrected chi connectivity index (χ3v) is 4.61. The van der Waals surface area contributed by atoms with Crippen LogP contribution in [0.5, 0.6) is 0 Å². The second kappa shape index (κ2) is 13.3. The molecule has 2 rings (SSSR count).